The average molecular weight is 286 g/mol. The first-order valence-electron chi connectivity index (χ1n) is 6.36. The van der Waals surface area contributed by atoms with Crippen molar-refractivity contribution < 1.29 is 0 Å². The van der Waals surface area contributed by atoms with Crippen LogP contribution in [-0.4, -0.2) is 26.7 Å². The summed E-state index contributed by atoms with van der Waals surface area (Å²) in [5, 5.41) is 17.4. The van der Waals surface area contributed by atoms with E-state index in [-0.39, 0.29) is 0 Å². The molecular weight excluding hydrogens is 272 g/mol. The van der Waals surface area contributed by atoms with Gasteiger partial charge in [0.05, 0.1) is 17.6 Å². The van der Waals surface area contributed by atoms with Gasteiger partial charge >= 0.3 is 0 Å². The predicted molar refractivity (Wildman–Crippen MR) is 80.9 cm³/mol. The molecule has 0 saturated carbocycles. The van der Waals surface area contributed by atoms with Gasteiger partial charge in [0, 0.05) is 12.7 Å². The second kappa shape index (κ2) is 5.79. The highest BCUT2D eigenvalue weighted by Gasteiger charge is 2.08. The Bertz CT molecular complexity index is 696. The van der Waals surface area contributed by atoms with Gasteiger partial charge in [0.25, 0.3) is 0 Å². The molecule has 0 unspecified atom stereocenters. The van der Waals surface area contributed by atoms with Gasteiger partial charge in [-0.15, -0.1) is 11.3 Å². The molecule has 6 nitrogen and oxygen atoms in total. The second-order valence-corrected chi connectivity index (χ2v) is 5.03. The van der Waals surface area contributed by atoms with Gasteiger partial charge in [-0.25, -0.2) is 4.98 Å². The van der Waals surface area contributed by atoms with Crippen molar-refractivity contribution in [3.05, 3.63) is 35.5 Å². The Kier molecular flexibility index (Phi) is 3.69. The molecule has 0 spiro atoms. The molecule has 0 radical (unpaired) electrons. The van der Waals surface area contributed by atoms with Gasteiger partial charge in [-0.3, -0.25) is 0 Å². The summed E-state index contributed by atoms with van der Waals surface area (Å²) < 4.78 is 0. The summed E-state index contributed by atoms with van der Waals surface area (Å²) in [4.78, 5) is 9.94. The zero-order valence-corrected chi connectivity index (χ0v) is 11.8. The van der Waals surface area contributed by atoms with E-state index in [1.54, 1.807) is 17.5 Å². The van der Waals surface area contributed by atoms with Crippen LogP contribution in [0, 0.1) is 0 Å². The minimum Gasteiger partial charge on any atom is -0.364 e. The van der Waals surface area contributed by atoms with Crippen LogP contribution < -0.4 is 10.6 Å². The van der Waals surface area contributed by atoms with E-state index in [9.17, 15) is 0 Å². The van der Waals surface area contributed by atoms with Crippen molar-refractivity contribution in [2.24, 2.45) is 0 Å². The molecule has 20 heavy (non-hydrogen) atoms. The van der Waals surface area contributed by atoms with Crippen molar-refractivity contribution in [1.82, 2.24) is 20.2 Å². The van der Waals surface area contributed by atoms with E-state index in [0.29, 0.717) is 12.5 Å². The minimum absolute atomic E-state index is 0.585. The minimum atomic E-state index is 0.585. The Morgan fingerprint density at radius 1 is 1.20 bits per heavy atom. The van der Waals surface area contributed by atoms with Crippen molar-refractivity contribution in [3.63, 3.8) is 0 Å². The van der Waals surface area contributed by atoms with E-state index in [4.69, 9.17) is 0 Å². The summed E-state index contributed by atoms with van der Waals surface area (Å²) >= 11 is 1.60. The number of thiophene rings is 1. The lowest BCUT2D eigenvalue weighted by Crippen LogP contribution is -2.07. The summed E-state index contributed by atoms with van der Waals surface area (Å²) in [5.41, 5.74) is 0.875. The zero-order chi connectivity index (χ0) is 13.8. The fourth-order valence-electron chi connectivity index (χ4n) is 1.83. The number of fused-ring (bicyclic) bond motifs is 1. The smallest absolute Gasteiger partial charge is 0.226 e. The number of nitrogens with zero attached hydrogens (tertiary/aromatic N) is 4. The molecule has 0 saturated heterocycles. The maximum Gasteiger partial charge on any atom is 0.226 e. The monoisotopic (exact) mass is 286 g/mol. The van der Waals surface area contributed by atoms with Crippen molar-refractivity contribution in [2.45, 2.75) is 13.5 Å². The van der Waals surface area contributed by atoms with Crippen molar-refractivity contribution in [3.8, 4) is 0 Å². The van der Waals surface area contributed by atoms with Crippen molar-refractivity contribution in [1.29, 1.82) is 0 Å². The third-order valence-electron chi connectivity index (χ3n) is 2.72. The highest BCUT2D eigenvalue weighted by atomic mass is 32.1. The van der Waals surface area contributed by atoms with Crippen LogP contribution >= 0.6 is 11.3 Å². The SMILES string of the molecule is CCNc1nc(NCc2cccnn2)c2ccsc2n1. The first-order chi connectivity index (χ1) is 9.86. The molecule has 3 heterocycles. The maximum absolute atomic E-state index is 4.50. The Balaban J connectivity index is 1.87. The van der Waals surface area contributed by atoms with Crippen LogP contribution in [0.3, 0.4) is 0 Å². The molecule has 0 bridgehead atoms. The van der Waals surface area contributed by atoms with Crippen LogP contribution in [0.15, 0.2) is 29.8 Å². The first-order valence-corrected chi connectivity index (χ1v) is 7.24. The Morgan fingerprint density at radius 2 is 2.15 bits per heavy atom. The molecule has 0 aromatic carbocycles. The van der Waals surface area contributed by atoms with E-state index in [1.165, 1.54) is 0 Å². The number of anilines is 2. The van der Waals surface area contributed by atoms with Crippen LogP contribution in [0.4, 0.5) is 11.8 Å². The highest BCUT2D eigenvalue weighted by Crippen LogP contribution is 2.26. The molecule has 0 atom stereocenters. The normalized spacial score (nSPS) is 10.7. The topological polar surface area (TPSA) is 75.6 Å². The zero-order valence-electron chi connectivity index (χ0n) is 11.0. The van der Waals surface area contributed by atoms with E-state index in [1.807, 2.05) is 30.5 Å². The first kappa shape index (κ1) is 12.7. The van der Waals surface area contributed by atoms with Gasteiger partial charge in [-0.05, 0) is 30.5 Å². The van der Waals surface area contributed by atoms with Gasteiger partial charge in [-0.2, -0.15) is 15.2 Å². The molecule has 3 aromatic heterocycles. The summed E-state index contributed by atoms with van der Waals surface area (Å²) in [6.45, 7) is 3.40. The lowest BCUT2D eigenvalue weighted by atomic mass is 10.3. The Hall–Kier alpha value is -2.28. The predicted octanol–water partition coefficient (Wildman–Crippen LogP) is 2.53. The van der Waals surface area contributed by atoms with Crippen LogP contribution in [0.5, 0.6) is 0 Å². The molecule has 102 valence electrons. The molecule has 2 N–H and O–H groups in total. The quantitative estimate of drug-likeness (QED) is 0.750. The van der Waals surface area contributed by atoms with E-state index in [0.717, 1.165) is 28.3 Å². The van der Waals surface area contributed by atoms with Gasteiger partial charge in [-0.1, -0.05) is 0 Å². The average Bonchev–Trinajstić information content (AvgIpc) is 2.95. The summed E-state index contributed by atoms with van der Waals surface area (Å²) in [6, 6.07) is 5.82. The number of hydrogen-bond donors (Lipinski definition) is 2. The molecular formula is C13H14N6S. The van der Waals surface area contributed by atoms with Crippen LogP contribution in [-0.2, 0) is 6.54 Å². The lowest BCUT2D eigenvalue weighted by Gasteiger charge is -2.08. The number of nitrogens with one attached hydrogen (secondary N) is 2. The van der Waals surface area contributed by atoms with Crippen molar-refractivity contribution in [2.75, 3.05) is 17.2 Å². The molecule has 0 aliphatic heterocycles. The third kappa shape index (κ3) is 2.67. The summed E-state index contributed by atoms with van der Waals surface area (Å²) in [5.74, 6) is 1.46. The van der Waals surface area contributed by atoms with Crippen LogP contribution in [0.2, 0.25) is 0 Å². The van der Waals surface area contributed by atoms with Gasteiger partial charge < -0.3 is 10.6 Å². The van der Waals surface area contributed by atoms with E-state index >= 15 is 0 Å². The maximum atomic E-state index is 4.50. The van der Waals surface area contributed by atoms with Gasteiger partial charge in [0.2, 0.25) is 5.95 Å². The second-order valence-electron chi connectivity index (χ2n) is 4.13. The Morgan fingerprint density at radius 3 is 2.95 bits per heavy atom. The molecule has 3 aromatic rings. The lowest BCUT2D eigenvalue weighted by molar-refractivity contribution is 0.921. The molecule has 0 aliphatic carbocycles. The fraction of sp³-hybridized carbons (Fsp3) is 0.231. The Labute approximate surface area is 120 Å². The standard InChI is InChI=1S/C13H14N6S/c1-2-14-13-17-11(10-5-7-20-12(10)18-13)15-8-9-4-3-6-16-19-9/h3-7H,2,8H2,1H3,(H2,14,15,17,18). The van der Waals surface area contributed by atoms with Crippen LogP contribution in [0.25, 0.3) is 10.2 Å². The molecule has 0 fully saturated rings. The van der Waals surface area contributed by atoms with Gasteiger partial charge in [0.1, 0.15) is 10.6 Å². The largest absolute Gasteiger partial charge is 0.364 e. The number of rotatable bonds is 5. The molecule has 7 heteroatoms. The number of aromatic nitrogens is 4. The summed E-state index contributed by atoms with van der Waals surface area (Å²) in [6.07, 6.45) is 1.66. The molecule has 0 amide bonds. The third-order valence-corrected chi connectivity index (χ3v) is 3.53. The summed E-state index contributed by atoms with van der Waals surface area (Å²) in [7, 11) is 0. The van der Waals surface area contributed by atoms with Crippen molar-refractivity contribution >= 4 is 33.3 Å². The molecule has 0 aliphatic rings. The van der Waals surface area contributed by atoms with E-state index < -0.39 is 0 Å². The fourth-order valence-corrected chi connectivity index (χ4v) is 2.59. The van der Waals surface area contributed by atoms with E-state index in [2.05, 4.69) is 30.8 Å². The van der Waals surface area contributed by atoms with Gasteiger partial charge in [0.15, 0.2) is 0 Å². The number of hydrogen-bond acceptors (Lipinski definition) is 7. The molecule has 3 rings (SSSR count). The highest BCUT2D eigenvalue weighted by molar-refractivity contribution is 7.16. The van der Waals surface area contributed by atoms with Crippen LogP contribution in [0.1, 0.15) is 12.6 Å².